The van der Waals surface area contributed by atoms with Crippen molar-refractivity contribution in [3.8, 4) is 11.6 Å². The van der Waals surface area contributed by atoms with Crippen LogP contribution in [0.4, 0.5) is 32.0 Å². The molecule has 8 nitrogen and oxygen atoms in total. The number of carboxylic acid groups (broad SMARTS) is 1. The highest BCUT2D eigenvalue weighted by molar-refractivity contribution is 9.10. The lowest BCUT2D eigenvalue weighted by molar-refractivity contribution is -0.139. The van der Waals surface area contributed by atoms with Gasteiger partial charge in [-0.25, -0.2) is 22.9 Å². The Labute approximate surface area is 274 Å². The molecule has 0 aliphatic heterocycles. The summed E-state index contributed by atoms with van der Waals surface area (Å²) in [5.74, 6) is -9.11. The molecule has 47 heavy (non-hydrogen) atoms. The normalized spacial score (nSPS) is 16.3. The number of rotatable bonds is 12. The first-order valence-electron chi connectivity index (χ1n) is 14.4. The van der Waals surface area contributed by atoms with E-state index >= 15 is 4.39 Å². The second-order valence-electron chi connectivity index (χ2n) is 11.2. The first-order chi connectivity index (χ1) is 22.1. The monoisotopic (exact) mass is 732 g/mol. The number of carbonyl (C=O) groups excluding carboxylic acids is 1. The van der Waals surface area contributed by atoms with Crippen LogP contribution in [0.1, 0.15) is 57.5 Å². The molecule has 0 bridgehead atoms. The number of benzene rings is 2. The fraction of sp³-hybridized carbons (Fsp3) is 0.406. The first kappa shape index (κ1) is 36.2. The Kier molecular flexibility index (Phi) is 11.6. The molecular formula is C32H31BrF6N2O6. The van der Waals surface area contributed by atoms with E-state index in [1.54, 1.807) is 12.1 Å². The molecule has 15 heteroatoms. The van der Waals surface area contributed by atoms with Crippen LogP contribution in [0, 0.1) is 11.7 Å². The average molecular weight is 734 g/mol. The van der Waals surface area contributed by atoms with Gasteiger partial charge < -0.3 is 19.3 Å². The van der Waals surface area contributed by atoms with E-state index in [1.807, 2.05) is 0 Å². The van der Waals surface area contributed by atoms with Gasteiger partial charge >= 0.3 is 12.1 Å². The van der Waals surface area contributed by atoms with Gasteiger partial charge in [0.15, 0.2) is 11.6 Å². The Hall–Kier alpha value is -3.69. The van der Waals surface area contributed by atoms with Gasteiger partial charge in [0, 0.05) is 55.4 Å². The highest BCUT2D eigenvalue weighted by Gasteiger charge is 2.39. The van der Waals surface area contributed by atoms with Gasteiger partial charge in [-0.2, -0.15) is 13.2 Å². The molecular weight excluding hydrogens is 702 g/mol. The molecule has 254 valence electrons. The van der Waals surface area contributed by atoms with E-state index in [0.717, 1.165) is 11.1 Å². The fourth-order valence-corrected chi connectivity index (χ4v) is 5.82. The Morgan fingerprint density at radius 3 is 2.34 bits per heavy atom. The summed E-state index contributed by atoms with van der Waals surface area (Å²) in [5, 5.41) is 10.1. The Morgan fingerprint density at radius 1 is 1.11 bits per heavy atom. The van der Waals surface area contributed by atoms with Gasteiger partial charge in [0.2, 0.25) is 11.8 Å². The van der Waals surface area contributed by atoms with Crippen molar-refractivity contribution in [3.63, 3.8) is 0 Å². The maximum Gasteiger partial charge on any atom is 0.421 e. The number of carbonyl (C=O) groups is 2. The number of alkyl halides is 5. The molecule has 0 spiro atoms. The summed E-state index contributed by atoms with van der Waals surface area (Å²) in [6, 6.07) is 7.13. The zero-order valence-electron chi connectivity index (χ0n) is 25.3. The highest BCUT2D eigenvalue weighted by atomic mass is 79.9. The van der Waals surface area contributed by atoms with Crippen molar-refractivity contribution in [2.24, 2.45) is 5.92 Å². The number of methoxy groups -OCH3 is 2. The molecule has 1 aliphatic rings. The van der Waals surface area contributed by atoms with Crippen molar-refractivity contribution >= 4 is 33.5 Å². The minimum atomic E-state index is -5.04. The quantitative estimate of drug-likeness (QED) is 0.188. The second kappa shape index (κ2) is 15.0. The van der Waals surface area contributed by atoms with Crippen molar-refractivity contribution < 1.29 is 55.2 Å². The molecule has 1 amide bonds. The van der Waals surface area contributed by atoms with Crippen LogP contribution in [0.25, 0.3) is 0 Å². The SMILES string of the molecule is COCC(COC)N(C(=O)c1ccc(Br)cc1)c1cc(F)c(Oc2ncc(CC3CCCC(F)(F)C3)cc2C(F)(F)F)cc1C(=O)O. The molecule has 2 aromatic carbocycles. The molecule has 1 saturated carbocycles. The maximum absolute atomic E-state index is 15.7. The summed E-state index contributed by atoms with van der Waals surface area (Å²) in [6.45, 7) is -0.308. The third-order valence-corrected chi connectivity index (χ3v) is 8.15. The third kappa shape index (κ3) is 9.02. The van der Waals surface area contributed by atoms with Crippen LogP contribution in [-0.2, 0) is 22.1 Å². The average Bonchev–Trinajstić information content (AvgIpc) is 2.98. The first-order valence-corrected chi connectivity index (χ1v) is 15.2. The number of aromatic carboxylic acids is 1. The largest absolute Gasteiger partial charge is 0.478 e. The van der Waals surface area contributed by atoms with Crippen molar-refractivity contribution in [1.29, 1.82) is 0 Å². The molecule has 1 aromatic heterocycles. The number of aromatic nitrogens is 1. The zero-order valence-corrected chi connectivity index (χ0v) is 26.8. The van der Waals surface area contributed by atoms with Gasteiger partial charge in [-0.3, -0.25) is 9.69 Å². The number of ether oxygens (including phenoxy) is 3. The van der Waals surface area contributed by atoms with Crippen molar-refractivity contribution in [2.75, 3.05) is 32.3 Å². The number of carboxylic acids is 1. The summed E-state index contributed by atoms with van der Waals surface area (Å²) in [5.41, 5.74) is -2.35. The molecule has 4 rings (SSSR count). The molecule has 1 heterocycles. The standard InChI is InChI=1S/C32H31BrF6N2O6/c1-45-16-22(17-46-2)41(29(42)20-5-7-21(33)8-6-20)26-13-25(34)27(12-23(26)30(43)44)47-28-24(32(37,38)39)11-19(15-40-28)10-18-4-3-9-31(35,36)14-18/h5-8,11-13,15,18,22H,3-4,9-10,14,16-17H2,1-2H3,(H,43,44). The molecule has 3 aromatic rings. The number of hydrogen-bond acceptors (Lipinski definition) is 6. The van der Waals surface area contributed by atoms with Crippen LogP contribution in [0.3, 0.4) is 0 Å². The van der Waals surface area contributed by atoms with Gasteiger partial charge in [0.1, 0.15) is 5.56 Å². The van der Waals surface area contributed by atoms with Gasteiger partial charge in [-0.05, 0) is 61.1 Å². The van der Waals surface area contributed by atoms with Crippen LogP contribution in [0.2, 0.25) is 0 Å². The fourth-order valence-electron chi connectivity index (χ4n) is 5.56. The Morgan fingerprint density at radius 2 is 1.77 bits per heavy atom. The summed E-state index contributed by atoms with van der Waals surface area (Å²) in [6.07, 6.45) is -4.17. The van der Waals surface area contributed by atoms with Gasteiger partial charge in [0.25, 0.3) is 5.91 Å². The van der Waals surface area contributed by atoms with Gasteiger partial charge in [-0.1, -0.05) is 15.9 Å². The smallest absolute Gasteiger partial charge is 0.421 e. The van der Waals surface area contributed by atoms with Crippen LogP contribution in [0.15, 0.2) is 53.1 Å². The lowest BCUT2D eigenvalue weighted by Gasteiger charge is -2.32. The summed E-state index contributed by atoms with van der Waals surface area (Å²) in [7, 11) is 2.67. The van der Waals surface area contributed by atoms with Crippen molar-refractivity contribution in [2.45, 2.75) is 50.2 Å². The molecule has 1 aliphatic carbocycles. The van der Waals surface area contributed by atoms with Crippen molar-refractivity contribution in [1.82, 2.24) is 4.98 Å². The molecule has 0 radical (unpaired) electrons. The summed E-state index contributed by atoms with van der Waals surface area (Å²) < 4.78 is 102. The lowest BCUT2D eigenvalue weighted by Crippen LogP contribution is -2.46. The summed E-state index contributed by atoms with van der Waals surface area (Å²) in [4.78, 5) is 30.9. The third-order valence-electron chi connectivity index (χ3n) is 7.62. The van der Waals surface area contributed by atoms with Crippen LogP contribution in [0.5, 0.6) is 11.6 Å². The van der Waals surface area contributed by atoms with E-state index in [1.165, 1.54) is 26.4 Å². The van der Waals surface area contributed by atoms with Crippen molar-refractivity contribution in [3.05, 3.63) is 81.2 Å². The van der Waals surface area contributed by atoms with E-state index in [4.69, 9.17) is 14.2 Å². The Bertz CT molecular complexity index is 1580. The number of nitrogens with zero attached hydrogens (tertiary/aromatic N) is 2. The van der Waals surface area contributed by atoms with E-state index in [-0.39, 0.29) is 43.6 Å². The van der Waals surface area contributed by atoms with Gasteiger partial charge in [-0.15, -0.1) is 0 Å². The van der Waals surface area contributed by atoms with Crippen LogP contribution in [-0.4, -0.2) is 61.4 Å². The molecule has 0 saturated heterocycles. The molecule has 1 atom stereocenters. The zero-order chi connectivity index (χ0) is 34.5. The number of halogens is 7. The number of pyridine rings is 1. The molecule has 1 unspecified atom stereocenters. The predicted octanol–water partition coefficient (Wildman–Crippen LogP) is 8.17. The topological polar surface area (TPSA) is 98.2 Å². The molecule has 1 fully saturated rings. The Balaban J connectivity index is 1.75. The number of anilines is 1. The minimum Gasteiger partial charge on any atom is -0.478 e. The van der Waals surface area contributed by atoms with E-state index in [9.17, 15) is 36.6 Å². The molecule has 1 N–H and O–H groups in total. The maximum atomic E-state index is 15.7. The van der Waals surface area contributed by atoms with E-state index in [2.05, 4.69) is 20.9 Å². The second-order valence-corrected chi connectivity index (χ2v) is 12.1. The van der Waals surface area contributed by atoms with E-state index in [0.29, 0.717) is 29.1 Å². The predicted molar refractivity (Wildman–Crippen MR) is 162 cm³/mol. The van der Waals surface area contributed by atoms with Gasteiger partial charge in [0.05, 0.1) is 30.5 Å². The number of hydrogen-bond donors (Lipinski definition) is 1. The summed E-state index contributed by atoms with van der Waals surface area (Å²) >= 11 is 3.27. The minimum absolute atomic E-state index is 0.0406. The van der Waals surface area contributed by atoms with Crippen LogP contribution >= 0.6 is 15.9 Å². The number of amides is 1. The van der Waals surface area contributed by atoms with E-state index < -0.39 is 76.6 Å². The lowest BCUT2D eigenvalue weighted by atomic mass is 9.83. The van der Waals surface area contributed by atoms with Crippen LogP contribution < -0.4 is 9.64 Å². The highest BCUT2D eigenvalue weighted by Crippen LogP contribution is 2.42.